The Balaban J connectivity index is 1.08. The van der Waals surface area contributed by atoms with Gasteiger partial charge in [0.2, 0.25) is 5.91 Å². The van der Waals surface area contributed by atoms with Crippen LogP contribution in [0, 0.1) is 5.82 Å². The Morgan fingerprint density at radius 2 is 1.57 bits per heavy atom. The summed E-state index contributed by atoms with van der Waals surface area (Å²) in [5.74, 6) is -0.327. The number of hydrogen-bond acceptors (Lipinski definition) is 5. The van der Waals surface area contributed by atoms with Crippen LogP contribution in [0.2, 0.25) is 0 Å². The summed E-state index contributed by atoms with van der Waals surface area (Å²) in [6.07, 6.45) is 4.85. The van der Waals surface area contributed by atoms with Crippen molar-refractivity contribution in [2.24, 2.45) is 0 Å². The first kappa shape index (κ1) is 33.2. The number of aryl methyl sites for hydroxylation is 1. The first-order valence-corrected chi connectivity index (χ1v) is 17.5. The lowest BCUT2D eigenvalue weighted by atomic mass is 9.98. The largest absolute Gasteiger partial charge is 0.341 e. The Morgan fingerprint density at radius 3 is 2.30 bits per heavy atom. The van der Waals surface area contributed by atoms with Crippen LogP contribution in [0.15, 0.2) is 42.5 Å². The maximum atomic E-state index is 14.3. The third-order valence-corrected chi connectivity index (χ3v) is 10.7. The Kier molecular flexibility index (Phi) is 10.6. The molecular weight excluding hydrogens is 597 g/mol. The molecule has 254 valence electrons. The highest BCUT2D eigenvalue weighted by molar-refractivity contribution is 5.91. The summed E-state index contributed by atoms with van der Waals surface area (Å²) in [4.78, 5) is 51.3. The van der Waals surface area contributed by atoms with Gasteiger partial charge in [-0.05, 0) is 74.4 Å². The van der Waals surface area contributed by atoms with E-state index in [4.69, 9.17) is 0 Å². The summed E-state index contributed by atoms with van der Waals surface area (Å²) < 4.78 is 14.3. The molecule has 5 amide bonds. The zero-order valence-electron chi connectivity index (χ0n) is 27.9. The topological polar surface area (TPSA) is 91.5 Å². The van der Waals surface area contributed by atoms with Gasteiger partial charge in [0.1, 0.15) is 11.9 Å². The highest BCUT2D eigenvalue weighted by atomic mass is 19.1. The second-order valence-electron chi connectivity index (χ2n) is 13.6. The number of fused-ring (bicyclic) bond motifs is 1. The number of nitrogens with one attached hydrogen (secondary N) is 2. The van der Waals surface area contributed by atoms with Gasteiger partial charge in [-0.15, -0.1) is 0 Å². The molecule has 0 unspecified atom stereocenters. The monoisotopic (exact) mass is 647 g/mol. The SMILES string of the molecule is CCc1cc(C[C@@H](NC(=O)N2CCC(N3CCc4ccccc4NC3=O)CC2)C(=O)N2CCC(N3CCN(C)CC3)CC2)ccc1F. The van der Waals surface area contributed by atoms with Crippen molar-refractivity contribution in [2.75, 3.05) is 71.3 Å². The number of benzene rings is 2. The molecule has 6 rings (SSSR count). The number of likely N-dealkylation sites (N-methyl/N-ethyl adjacent to an activating group) is 1. The van der Waals surface area contributed by atoms with E-state index in [0.29, 0.717) is 70.0 Å². The molecule has 47 heavy (non-hydrogen) atoms. The Morgan fingerprint density at radius 1 is 0.894 bits per heavy atom. The van der Waals surface area contributed by atoms with Gasteiger partial charge in [-0.1, -0.05) is 37.3 Å². The van der Waals surface area contributed by atoms with E-state index in [-0.39, 0.29) is 29.8 Å². The molecule has 2 aromatic carbocycles. The molecule has 0 saturated carbocycles. The minimum Gasteiger partial charge on any atom is -0.341 e. The van der Waals surface area contributed by atoms with Crippen molar-refractivity contribution in [3.8, 4) is 0 Å². The Hall–Kier alpha value is -3.70. The van der Waals surface area contributed by atoms with E-state index >= 15 is 0 Å². The van der Waals surface area contributed by atoms with Gasteiger partial charge < -0.3 is 30.2 Å². The third kappa shape index (κ3) is 7.89. The highest BCUT2D eigenvalue weighted by Gasteiger charge is 2.35. The average molecular weight is 648 g/mol. The fourth-order valence-corrected chi connectivity index (χ4v) is 7.68. The predicted octanol–water partition coefficient (Wildman–Crippen LogP) is 3.80. The number of amides is 5. The van der Waals surface area contributed by atoms with Crippen molar-refractivity contribution in [1.29, 1.82) is 0 Å². The van der Waals surface area contributed by atoms with Crippen LogP contribution in [0.5, 0.6) is 0 Å². The number of rotatable bonds is 7. The summed E-state index contributed by atoms with van der Waals surface area (Å²) >= 11 is 0. The number of para-hydroxylation sites is 1. The van der Waals surface area contributed by atoms with Crippen LogP contribution in [-0.2, 0) is 24.1 Å². The van der Waals surface area contributed by atoms with Crippen molar-refractivity contribution in [1.82, 2.24) is 29.8 Å². The quantitative estimate of drug-likeness (QED) is 0.478. The van der Waals surface area contributed by atoms with E-state index in [1.165, 1.54) is 6.07 Å². The number of carbonyl (C=O) groups excluding carboxylic acids is 3. The summed E-state index contributed by atoms with van der Waals surface area (Å²) in [7, 11) is 2.16. The van der Waals surface area contributed by atoms with Gasteiger partial charge in [0.25, 0.3) is 0 Å². The summed E-state index contributed by atoms with van der Waals surface area (Å²) in [6, 6.07) is 12.3. The zero-order valence-corrected chi connectivity index (χ0v) is 27.9. The molecule has 10 nitrogen and oxygen atoms in total. The fourth-order valence-electron chi connectivity index (χ4n) is 7.68. The number of anilines is 1. The number of piperazine rings is 1. The normalized spacial score (nSPS) is 21.2. The van der Waals surface area contributed by atoms with E-state index in [1.54, 1.807) is 11.0 Å². The van der Waals surface area contributed by atoms with Crippen molar-refractivity contribution < 1.29 is 18.8 Å². The lowest BCUT2D eigenvalue weighted by molar-refractivity contribution is -0.135. The standard InChI is InChI=1S/C36H50FN7O3/c1-3-27-24-26(8-9-31(27)37)25-33(34(45)42-15-11-29(12-16-42)41-22-20-40(2)21-23-41)39-35(46)43-17-13-30(14-18-43)44-19-10-28-6-4-5-7-32(28)38-36(44)47/h4-9,24,29-30,33H,3,10-23,25H2,1-2H3,(H,38,47)(H,39,46)/t33-/m1/s1. The first-order chi connectivity index (χ1) is 22.8. The zero-order chi connectivity index (χ0) is 32.9. The van der Waals surface area contributed by atoms with Crippen molar-refractivity contribution >= 4 is 23.7 Å². The van der Waals surface area contributed by atoms with Gasteiger partial charge in [0.05, 0.1) is 0 Å². The minimum absolute atomic E-state index is 0.0408. The minimum atomic E-state index is -0.745. The summed E-state index contributed by atoms with van der Waals surface area (Å²) in [5.41, 5.74) is 3.44. The van der Waals surface area contributed by atoms with Gasteiger partial charge in [0, 0.05) is 83.1 Å². The molecule has 0 bridgehead atoms. The van der Waals surface area contributed by atoms with E-state index in [9.17, 15) is 18.8 Å². The van der Waals surface area contributed by atoms with Gasteiger partial charge in [-0.25, -0.2) is 14.0 Å². The number of urea groups is 2. The molecule has 11 heteroatoms. The fraction of sp³-hybridized carbons (Fsp3) is 0.583. The van der Waals surface area contributed by atoms with Crippen LogP contribution in [0.4, 0.5) is 19.7 Å². The number of halogens is 1. The number of carbonyl (C=O) groups is 3. The van der Waals surface area contributed by atoms with E-state index in [0.717, 1.165) is 62.3 Å². The van der Waals surface area contributed by atoms with Crippen molar-refractivity contribution in [3.63, 3.8) is 0 Å². The predicted molar refractivity (Wildman–Crippen MR) is 181 cm³/mol. The Labute approximate surface area is 278 Å². The second kappa shape index (κ2) is 15.0. The van der Waals surface area contributed by atoms with Crippen LogP contribution in [-0.4, -0.2) is 127 Å². The molecule has 3 saturated heterocycles. The first-order valence-electron chi connectivity index (χ1n) is 17.5. The molecular formula is C36H50FN7O3. The van der Waals surface area contributed by atoms with Crippen LogP contribution < -0.4 is 10.6 Å². The van der Waals surface area contributed by atoms with Gasteiger partial charge >= 0.3 is 12.1 Å². The molecule has 4 aliphatic heterocycles. The number of likely N-dealkylation sites (tertiary alicyclic amines) is 2. The van der Waals surface area contributed by atoms with Gasteiger partial charge in [-0.2, -0.15) is 0 Å². The van der Waals surface area contributed by atoms with E-state index < -0.39 is 6.04 Å². The van der Waals surface area contributed by atoms with E-state index in [2.05, 4.69) is 33.5 Å². The third-order valence-electron chi connectivity index (χ3n) is 10.7. The number of nitrogens with zero attached hydrogens (tertiary/aromatic N) is 5. The average Bonchev–Trinajstić information content (AvgIpc) is 3.27. The lowest BCUT2D eigenvalue weighted by Gasteiger charge is -2.42. The van der Waals surface area contributed by atoms with Crippen LogP contribution >= 0.6 is 0 Å². The van der Waals surface area contributed by atoms with Gasteiger partial charge in [0.15, 0.2) is 0 Å². The smallest absolute Gasteiger partial charge is 0.322 e. The molecule has 4 heterocycles. The van der Waals surface area contributed by atoms with Crippen LogP contribution in [0.3, 0.4) is 0 Å². The van der Waals surface area contributed by atoms with Gasteiger partial charge in [-0.3, -0.25) is 9.69 Å². The summed E-state index contributed by atoms with van der Waals surface area (Å²) in [5, 5.41) is 6.14. The number of hydrogen-bond donors (Lipinski definition) is 2. The second-order valence-corrected chi connectivity index (χ2v) is 13.6. The molecule has 3 fully saturated rings. The molecule has 2 aromatic rings. The molecule has 4 aliphatic rings. The van der Waals surface area contributed by atoms with Crippen molar-refractivity contribution in [3.05, 3.63) is 65.0 Å². The highest BCUT2D eigenvalue weighted by Crippen LogP contribution is 2.25. The van der Waals surface area contributed by atoms with Crippen LogP contribution in [0.25, 0.3) is 0 Å². The Bertz CT molecular complexity index is 1420. The molecule has 2 N–H and O–H groups in total. The molecule has 1 atom stereocenters. The summed E-state index contributed by atoms with van der Waals surface area (Å²) in [6.45, 7) is 9.15. The molecule has 0 spiro atoms. The van der Waals surface area contributed by atoms with Crippen LogP contribution in [0.1, 0.15) is 49.3 Å². The number of piperidine rings is 2. The molecule has 0 radical (unpaired) electrons. The van der Waals surface area contributed by atoms with Crippen molar-refractivity contribution in [2.45, 2.75) is 70.0 Å². The maximum absolute atomic E-state index is 14.3. The van der Waals surface area contributed by atoms with E-state index in [1.807, 2.05) is 41.0 Å². The molecule has 0 aliphatic carbocycles. The lowest BCUT2D eigenvalue weighted by Crippen LogP contribution is -2.58. The maximum Gasteiger partial charge on any atom is 0.322 e. The molecule has 0 aromatic heterocycles.